The largest absolute Gasteiger partial charge is 0.385 e. The van der Waals surface area contributed by atoms with Gasteiger partial charge in [0.25, 0.3) is 0 Å². The highest BCUT2D eigenvalue weighted by molar-refractivity contribution is 5.43. The van der Waals surface area contributed by atoms with E-state index in [4.69, 9.17) is 0 Å². The van der Waals surface area contributed by atoms with Crippen molar-refractivity contribution in [1.29, 1.82) is 0 Å². The molecule has 0 aliphatic rings. The number of pyridine rings is 1. The molecule has 1 heterocycles. The first kappa shape index (κ1) is 13.0. The van der Waals surface area contributed by atoms with Crippen molar-refractivity contribution >= 4 is 5.69 Å². The van der Waals surface area contributed by atoms with Crippen molar-refractivity contribution in [2.45, 2.75) is 33.7 Å². The number of rotatable bonds is 7. The number of aromatic nitrogens is 1. The van der Waals surface area contributed by atoms with Gasteiger partial charge in [0.2, 0.25) is 0 Å². The summed E-state index contributed by atoms with van der Waals surface area (Å²) in [6.07, 6.45) is 3.02. The molecule has 2 N–H and O–H groups in total. The quantitative estimate of drug-likeness (QED) is 0.695. The summed E-state index contributed by atoms with van der Waals surface area (Å²) in [5, 5.41) is 6.76. The maximum absolute atomic E-state index is 4.34. The van der Waals surface area contributed by atoms with Crippen LogP contribution in [0.1, 0.15) is 32.9 Å². The summed E-state index contributed by atoms with van der Waals surface area (Å²) in [4.78, 5) is 4.34. The van der Waals surface area contributed by atoms with Crippen LogP contribution in [-0.4, -0.2) is 18.1 Å². The summed E-state index contributed by atoms with van der Waals surface area (Å²) in [6, 6.07) is 4.14. The van der Waals surface area contributed by atoms with Crippen LogP contribution in [0.15, 0.2) is 18.3 Å². The molecule has 0 aromatic carbocycles. The molecule has 0 saturated heterocycles. The third-order valence-corrected chi connectivity index (χ3v) is 2.26. The first-order valence-corrected chi connectivity index (χ1v) is 6.12. The van der Waals surface area contributed by atoms with Gasteiger partial charge in [-0.25, -0.2) is 0 Å². The molecule has 3 heteroatoms. The van der Waals surface area contributed by atoms with E-state index in [-0.39, 0.29) is 0 Å². The second-order valence-corrected chi connectivity index (χ2v) is 4.49. The summed E-state index contributed by atoms with van der Waals surface area (Å²) in [6.45, 7) is 9.49. The van der Waals surface area contributed by atoms with E-state index in [9.17, 15) is 0 Å². The minimum absolute atomic E-state index is 0.662. The molecule has 3 nitrogen and oxygen atoms in total. The molecule has 0 fully saturated rings. The number of anilines is 1. The SMILES string of the molecule is CCCNCc1cc(NCC(C)C)ccn1. The Labute approximate surface area is 98.7 Å². The van der Waals surface area contributed by atoms with Crippen LogP contribution >= 0.6 is 0 Å². The molecule has 0 saturated carbocycles. The van der Waals surface area contributed by atoms with Gasteiger partial charge in [0.1, 0.15) is 0 Å². The van der Waals surface area contributed by atoms with Gasteiger partial charge in [-0.05, 0) is 31.0 Å². The van der Waals surface area contributed by atoms with E-state index in [1.807, 2.05) is 12.3 Å². The molecule has 0 atom stereocenters. The summed E-state index contributed by atoms with van der Waals surface area (Å²) < 4.78 is 0. The van der Waals surface area contributed by atoms with E-state index in [1.54, 1.807) is 0 Å². The number of nitrogens with zero attached hydrogens (tertiary/aromatic N) is 1. The minimum atomic E-state index is 0.662. The molecule has 0 amide bonds. The monoisotopic (exact) mass is 221 g/mol. The summed E-state index contributed by atoms with van der Waals surface area (Å²) in [7, 11) is 0. The maximum Gasteiger partial charge on any atom is 0.0562 e. The van der Waals surface area contributed by atoms with Crippen LogP contribution in [0.4, 0.5) is 5.69 Å². The van der Waals surface area contributed by atoms with Gasteiger partial charge >= 0.3 is 0 Å². The third kappa shape index (κ3) is 5.12. The Hall–Kier alpha value is -1.09. The predicted octanol–water partition coefficient (Wildman–Crippen LogP) is 2.65. The molecule has 1 rings (SSSR count). The highest BCUT2D eigenvalue weighted by Crippen LogP contribution is 2.08. The van der Waals surface area contributed by atoms with Gasteiger partial charge in [-0.3, -0.25) is 4.98 Å². The lowest BCUT2D eigenvalue weighted by molar-refractivity contribution is 0.663. The van der Waals surface area contributed by atoms with Crippen molar-refractivity contribution < 1.29 is 0 Å². The van der Waals surface area contributed by atoms with Gasteiger partial charge in [0.05, 0.1) is 5.69 Å². The summed E-state index contributed by atoms with van der Waals surface area (Å²) in [5.41, 5.74) is 2.26. The third-order valence-electron chi connectivity index (χ3n) is 2.26. The Morgan fingerprint density at radius 1 is 1.38 bits per heavy atom. The summed E-state index contributed by atoms with van der Waals surface area (Å²) >= 11 is 0. The molecular formula is C13H23N3. The zero-order chi connectivity index (χ0) is 11.8. The van der Waals surface area contributed by atoms with Crippen LogP contribution in [0.5, 0.6) is 0 Å². The average molecular weight is 221 g/mol. The van der Waals surface area contributed by atoms with E-state index in [2.05, 4.69) is 42.5 Å². The van der Waals surface area contributed by atoms with E-state index >= 15 is 0 Å². The first-order valence-electron chi connectivity index (χ1n) is 6.12. The van der Waals surface area contributed by atoms with Crippen molar-refractivity contribution in [2.75, 3.05) is 18.4 Å². The van der Waals surface area contributed by atoms with Gasteiger partial charge in [-0.2, -0.15) is 0 Å². The van der Waals surface area contributed by atoms with E-state index in [1.165, 1.54) is 0 Å². The van der Waals surface area contributed by atoms with E-state index in [0.717, 1.165) is 37.4 Å². The average Bonchev–Trinajstić information content (AvgIpc) is 2.27. The lowest BCUT2D eigenvalue weighted by atomic mass is 10.2. The standard InChI is InChI=1S/C13H23N3/c1-4-6-14-10-13-8-12(5-7-15-13)16-9-11(2)3/h5,7-8,11,14H,4,6,9-10H2,1-3H3,(H,15,16). The number of hydrogen-bond donors (Lipinski definition) is 2. The first-order chi connectivity index (χ1) is 7.72. The smallest absolute Gasteiger partial charge is 0.0562 e. The molecule has 0 radical (unpaired) electrons. The normalized spacial score (nSPS) is 10.8. The van der Waals surface area contributed by atoms with Crippen LogP contribution in [0.25, 0.3) is 0 Å². The lowest BCUT2D eigenvalue weighted by Gasteiger charge is -2.10. The van der Waals surface area contributed by atoms with Crippen LogP contribution in [0.3, 0.4) is 0 Å². The van der Waals surface area contributed by atoms with Crippen LogP contribution < -0.4 is 10.6 Å². The van der Waals surface area contributed by atoms with Crippen molar-refractivity contribution in [2.24, 2.45) is 5.92 Å². The van der Waals surface area contributed by atoms with Crippen molar-refractivity contribution in [3.05, 3.63) is 24.0 Å². The van der Waals surface area contributed by atoms with Gasteiger partial charge in [-0.15, -0.1) is 0 Å². The maximum atomic E-state index is 4.34. The second-order valence-electron chi connectivity index (χ2n) is 4.49. The van der Waals surface area contributed by atoms with E-state index in [0.29, 0.717) is 5.92 Å². The highest BCUT2D eigenvalue weighted by atomic mass is 14.9. The van der Waals surface area contributed by atoms with Crippen molar-refractivity contribution in [3.63, 3.8) is 0 Å². The fourth-order valence-electron chi connectivity index (χ4n) is 1.40. The van der Waals surface area contributed by atoms with Gasteiger partial charge in [0.15, 0.2) is 0 Å². The van der Waals surface area contributed by atoms with Gasteiger partial charge in [-0.1, -0.05) is 20.8 Å². The Kier molecular flexibility index (Phi) is 5.86. The predicted molar refractivity (Wildman–Crippen MR) is 69.6 cm³/mol. The number of nitrogens with one attached hydrogen (secondary N) is 2. The van der Waals surface area contributed by atoms with Gasteiger partial charge < -0.3 is 10.6 Å². The Morgan fingerprint density at radius 2 is 2.19 bits per heavy atom. The molecule has 90 valence electrons. The van der Waals surface area contributed by atoms with Crippen LogP contribution in [-0.2, 0) is 6.54 Å². The fraction of sp³-hybridized carbons (Fsp3) is 0.615. The zero-order valence-corrected chi connectivity index (χ0v) is 10.6. The second kappa shape index (κ2) is 7.23. The van der Waals surface area contributed by atoms with Crippen molar-refractivity contribution in [1.82, 2.24) is 10.3 Å². The van der Waals surface area contributed by atoms with E-state index < -0.39 is 0 Å². The Bertz CT molecular complexity index is 297. The molecule has 1 aromatic rings. The van der Waals surface area contributed by atoms with Crippen LogP contribution in [0.2, 0.25) is 0 Å². The topological polar surface area (TPSA) is 37.0 Å². The lowest BCUT2D eigenvalue weighted by Crippen LogP contribution is -2.15. The summed E-state index contributed by atoms with van der Waals surface area (Å²) in [5.74, 6) is 0.662. The minimum Gasteiger partial charge on any atom is -0.385 e. The molecule has 0 bridgehead atoms. The number of hydrogen-bond acceptors (Lipinski definition) is 3. The molecule has 0 spiro atoms. The fourth-order valence-corrected chi connectivity index (χ4v) is 1.40. The highest BCUT2D eigenvalue weighted by Gasteiger charge is 1.98. The van der Waals surface area contributed by atoms with Crippen LogP contribution in [0, 0.1) is 5.92 Å². The van der Waals surface area contributed by atoms with Gasteiger partial charge in [0, 0.05) is 25.0 Å². The zero-order valence-electron chi connectivity index (χ0n) is 10.6. The molecule has 0 aliphatic carbocycles. The Balaban J connectivity index is 2.43. The molecular weight excluding hydrogens is 198 g/mol. The van der Waals surface area contributed by atoms with Crippen molar-refractivity contribution in [3.8, 4) is 0 Å². The molecule has 1 aromatic heterocycles. The molecule has 0 unspecified atom stereocenters. The molecule has 16 heavy (non-hydrogen) atoms. The molecule has 0 aliphatic heterocycles. The Morgan fingerprint density at radius 3 is 2.88 bits per heavy atom.